The number of benzene rings is 2. The standard InChI is InChI=1S/C16H10NS/c1-2-6-14-12(4-1)8-10-17(14)15-7-3-5-13-9-11-18-16(13)15/h1-9,11H. The van der Waals surface area contributed by atoms with Crippen LogP contribution < -0.4 is 0 Å². The molecule has 0 bridgehead atoms. The van der Waals surface area contributed by atoms with E-state index in [0.717, 1.165) is 0 Å². The Bertz CT molecular complexity index is 838. The molecule has 85 valence electrons. The summed E-state index contributed by atoms with van der Waals surface area (Å²) < 4.78 is 3.46. The maximum atomic E-state index is 3.34. The lowest BCUT2D eigenvalue weighted by Crippen LogP contribution is -1.91. The number of hydrogen-bond donors (Lipinski definition) is 0. The van der Waals surface area contributed by atoms with Crippen molar-refractivity contribution in [3.05, 3.63) is 66.2 Å². The van der Waals surface area contributed by atoms with E-state index in [9.17, 15) is 0 Å². The molecule has 4 aromatic rings. The van der Waals surface area contributed by atoms with Gasteiger partial charge in [0.15, 0.2) is 0 Å². The molecule has 18 heavy (non-hydrogen) atoms. The average molecular weight is 248 g/mol. The molecule has 2 heteroatoms. The molecule has 0 saturated heterocycles. The van der Waals surface area contributed by atoms with Crippen LogP contribution in [-0.4, -0.2) is 4.57 Å². The SMILES string of the molecule is [c]1cc2ccccc2n1-c1cccc2ccsc12. The highest BCUT2D eigenvalue weighted by Gasteiger charge is 2.07. The van der Waals surface area contributed by atoms with Crippen molar-refractivity contribution in [3.63, 3.8) is 0 Å². The van der Waals surface area contributed by atoms with Gasteiger partial charge in [-0.2, -0.15) is 0 Å². The number of thiophene rings is 1. The highest BCUT2D eigenvalue weighted by Crippen LogP contribution is 2.29. The molecule has 1 nitrogen and oxygen atoms in total. The van der Waals surface area contributed by atoms with Crippen molar-refractivity contribution in [2.45, 2.75) is 0 Å². The Kier molecular flexibility index (Phi) is 2.05. The minimum absolute atomic E-state index is 1.21. The zero-order valence-electron chi connectivity index (χ0n) is 9.63. The Morgan fingerprint density at radius 3 is 2.78 bits per heavy atom. The molecule has 0 unspecified atom stereocenters. The summed E-state index contributed by atoms with van der Waals surface area (Å²) in [7, 11) is 0. The quantitative estimate of drug-likeness (QED) is 0.462. The highest BCUT2D eigenvalue weighted by molar-refractivity contribution is 7.17. The first kappa shape index (κ1) is 9.92. The van der Waals surface area contributed by atoms with Gasteiger partial charge in [-0.1, -0.05) is 30.3 Å². The first-order valence-corrected chi connectivity index (χ1v) is 6.76. The molecule has 0 spiro atoms. The predicted molar refractivity (Wildman–Crippen MR) is 77.5 cm³/mol. The van der Waals surface area contributed by atoms with Gasteiger partial charge >= 0.3 is 0 Å². The van der Waals surface area contributed by atoms with Gasteiger partial charge < -0.3 is 4.57 Å². The van der Waals surface area contributed by atoms with Crippen molar-refractivity contribution in [1.29, 1.82) is 0 Å². The third-order valence-electron chi connectivity index (χ3n) is 3.23. The van der Waals surface area contributed by atoms with E-state index < -0.39 is 0 Å². The highest BCUT2D eigenvalue weighted by atomic mass is 32.1. The fraction of sp³-hybridized carbons (Fsp3) is 0. The number of hydrogen-bond acceptors (Lipinski definition) is 1. The van der Waals surface area contributed by atoms with Gasteiger partial charge in [0.05, 0.1) is 22.1 Å². The summed E-state index contributed by atoms with van der Waals surface area (Å²) in [6.07, 6.45) is 3.34. The van der Waals surface area contributed by atoms with E-state index in [1.54, 1.807) is 11.3 Å². The molecule has 2 aromatic carbocycles. The molecule has 0 atom stereocenters. The molecule has 0 aliphatic rings. The van der Waals surface area contributed by atoms with Gasteiger partial charge in [0.25, 0.3) is 0 Å². The minimum atomic E-state index is 1.21. The summed E-state index contributed by atoms with van der Waals surface area (Å²) in [6.45, 7) is 0. The summed E-state index contributed by atoms with van der Waals surface area (Å²) >= 11 is 1.78. The first-order valence-electron chi connectivity index (χ1n) is 5.88. The Morgan fingerprint density at radius 2 is 1.78 bits per heavy atom. The topological polar surface area (TPSA) is 4.93 Å². The third-order valence-corrected chi connectivity index (χ3v) is 4.18. The molecule has 0 N–H and O–H groups in total. The smallest absolute Gasteiger partial charge is 0.0710 e. The Morgan fingerprint density at radius 1 is 0.889 bits per heavy atom. The second-order valence-electron chi connectivity index (χ2n) is 4.28. The van der Waals surface area contributed by atoms with Gasteiger partial charge in [-0.3, -0.25) is 0 Å². The summed E-state index contributed by atoms with van der Waals surface area (Å²) in [5.74, 6) is 0. The number of nitrogens with zero attached hydrogens (tertiary/aromatic N) is 1. The van der Waals surface area contributed by atoms with E-state index in [2.05, 4.69) is 64.7 Å². The molecule has 2 heterocycles. The third kappa shape index (κ3) is 1.33. The van der Waals surface area contributed by atoms with Crippen LogP contribution in [0.4, 0.5) is 0 Å². The second kappa shape index (κ2) is 3.72. The summed E-state index contributed by atoms with van der Waals surface area (Å²) in [5.41, 5.74) is 2.42. The van der Waals surface area contributed by atoms with Gasteiger partial charge in [-0.25, -0.2) is 0 Å². The van der Waals surface area contributed by atoms with Crippen molar-refractivity contribution < 1.29 is 0 Å². The maximum absolute atomic E-state index is 3.34. The van der Waals surface area contributed by atoms with Gasteiger partial charge in [-0.15, -0.1) is 11.3 Å². The van der Waals surface area contributed by atoms with E-state index in [1.807, 2.05) is 6.07 Å². The first-order chi connectivity index (χ1) is 8.93. The summed E-state index contributed by atoms with van der Waals surface area (Å²) in [5, 5.41) is 4.66. The van der Waals surface area contributed by atoms with Crippen LogP contribution in [0.3, 0.4) is 0 Å². The predicted octanol–water partition coefficient (Wildman–Crippen LogP) is 4.65. The van der Waals surface area contributed by atoms with Crippen LogP contribution in [0.2, 0.25) is 0 Å². The minimum Gasteiger partial charge on any atom is -0.306 e. The Labute approximate surface area is 109 Å². The van der Waals surface area contributed by atoms with Crippen LogP contribution in [0.15, 0.2) is 60.0 Å². The number of rotatable bonds is 1. The number of para-hydroxylation sites is 1. The molecule has 0 aliphatic carbocycles. The lowest BCUT2D eigenvalue weighted by molar-refractivity contribution is 1.13. The van der Waals surface area contributed by atoms with E-state index in [-0.39, 0.29) is 0 Å². The van der Waals surface area contributed by atoms with Crippen molar-refractivity contribution in [1.82, 2.24) is 4.57 Å². The monoisotopic (exact) mass is 248 g/mol. The molecule has 0 saturated carbocycles. The fourth-order valence-corrected chi connectivity index (χ4v) is 3.27. The fourth-order valence-electron chi connectivity index (χ4n) is 2.37. The van der Waals surface area contributed by atoms with Crippen LogP contribution >= 0.6 is 11.3 Å². The Hall–Kier alpha value is -2.06. The molecular formula is C16H10NS. The van der Waals surface area contributed by atoms with E-state index in [0.29, 0.717) is 0 Å². The Balaban J connectivity index is 2.10. The normalized spacial score (nSPS) is 11.3. The summed E-state index contributed by atoms with van der Waals surface area (Å²) in [4.78, 5) is 0. The molecule has 0 fully saturated rings. The van der Waals surface area contributed by atoms with Gasteiger partial charge in [0.1, 0.15) is 0 Å². The largest absolute Gasteiger partial charge is 0.306 e. The van der Waals surface area contributed by atoms with Crippen LogP contribution in [0.25, 0.3) is 26.7 Å². The van der Waals surface area contributed by atoms with Crippen LogP contribution in [0.5, 0.6) is 0 Å². The van der Waals surface area contributed by atoms with Crippen LogP contribution in [0, 0.1) is 6.20 Å². The van der Waals surface area contributed by atoms with Gasteiger partial charge in [-0.05, 0) is 35.0 Å². The van der Waals surface area contributed by atoms with E-state index in [4.69, 9.17) is 0 Å². The average Bonchev–Trinajstić information content (AvgIpc) is 3.05. The van der Waals surface area contributed by atoms with E-state index >= 15 is 0 Å². The second-order valence-corrected chi connectivity index (χ2v) is 5.20. The lowest BCUT2D eigenvalue weighted by atomic mass is 10.2. The van der Waals surface area contributed by atoms with E-state index in [1.165, 1.54) is 26.7 Å². The van der Waals surface area contributed by atoms with Crippen molar-refractivity contribution in [3.8, 4) is 5.69 Å². The molecule has 0 amide bonds. The van der Waals surface area contributed by atoms with Gasteiger partial charge in [0, 0.05) is 5.39 Å². The lowest BCUT2D eigenvalue weighted by Gasteiger charge is -2.06. The number of fused-ring (bicyclic) bond motifs is 2. The van der Waals surface area contributed by atoms with Crippen molar-refractivity contribution in [2.24, 2.45) is 0 Å². The molecule has 0 aliphatic heterocycles. The van der Waals surface area contributed by atoms with Crippen LogP contribution in [0.1, 0.15) is 0 Å². The molecular weight excluding hydrogens is 238 g/mol. The van der Waals surface area contributed by atoms with Crippen LogP contribution in [-0.2, 0) is 0 Å². The molecule has 2 aromatic heterocycles. The van der Waals surface area contributed by atoms with Crippen molar-refractivity contribution in [2.75, 3.05) is 0 Å². The number of aromatic nitrogens is 1. The molecule has 4 rings (SSSR count). The van der Waals surface area contributed by atoms with Crippen molar-refractivity contribution >= 4 is 32.3 Å². The zero-order chi connectivity index (χ0) is 11.9. The maximum Gasteiger partial charge on any atom is 0.0710 e. The zero-order valence-corrected chi connectivity index (χ0v) is 10.4. The summed E-state index contributed by atoms with van der Waals surface area (Å²) in [6, 6.07) is 19.0. The molecule has 1 radical (unpaired) electrons. The van der Waals surface area contributed by atoms with Gasteiger partial charge in [0.2, 0.25) is 0 Å².